The first-order valence-electron chi connectivity index (χ1n) is 7.49. The molecular weight excluding hydrogens is 271 g/mol. The van der Waals surface area contributed by atoms with Gasteiger partial charge in [0.25, 0.3) is 0 Å². The number of halogens is 1. The number of anilines is 1. The molecule has 21 heavy (non-hydrogen) atoms. The highest BCUT2D eigenvalue weighted by atomic mass is 19.1. The van der Waals surface area contributed by atoms with Gasteiger partial charge >= 0.3 is 5.97 Å². The lowest BCUT2D eigenvalue weighted by molar-refractivity contribution is -0.148. The van der Waals surface area contributed by atoms with Crippen LogP contribution >= 0.6 is 0 Å². The number of nitrogens with one attached hydrogen (secondary N) is 1. The maximum Gasteiger partial charge on any atom is 0.331 e. The van der Waals surface area contributed by atoms with Crippen LogP contribution in [-0.2, 0) is 9.53 Å². The maximum absolute atomic E-state index is 13.0. The molecule has 1 aromatic carbocycles. The number of hydrogen-bond acceptors (Lipinski definition) is 4. The van der Waals surface area contributed by atoms with Gasteiger partial charge in [0.1, 0.15) is 11.4 Å². The third-order valence-electron chi connectivity index (χ3n) is 4.71. The van der Waals surface area contributed by atoms with Gasteiger partial charge in [-0.1, -0.05) is 0 Å². The van der Waals surface area contributed by atoms with Crippen LogP contribution in [0.15, 0.2) is 24.3 Å². The largest absolute Gasteiger partial charge is 0.467 e. The Hall–Kier alpha value is -1.62. The fourth-order valence-corrected chi connectivity index (χ4v) is 3.61. The molecule has 0 saturated carbocycles. The van der Waals surface area contributed by atoms with Gasteiger partial charge in [-0.25, -0.2) is 9.18 Å². The van der Waals surface area contributed by atoms with Crippen molar-refractivity contribution in [3.8, 4) is 0 Å². The van der Waals surface area contributed by atoms with Crippen LogP contribution in [0.25, 0.3) is 0 Å². The second-order valence-corrected chi connectivity index (χ2v) is 5.99. The van der Waals surface area contributed by atoms with E-state index in [-0.39, 0.29) is 11.8 Å². The number of ether oxygens (including phenoxy) is 1. The van der Waals surface area contributed by atoms with Gasteiger partial charge < -0.3 is 15.0 Å². The summed E-state index contributed by atoms with van der Waals surface area (Å²) in [5.41, 5.74) is 0.0613. The summed E-state index contributed by atoms with van der Waals surface area (Å²) in [6.07, 6.45) is 3.78. The summed E-state index contributed by atoms with van der Waals surface area (Å²) in [5.74, 6) is -0.503. The lowest BCUT2D eigenvalue weighted by Gasteiger charge is -2.43. The van der Waals surface area contributed by atoms with Crippen LogP contribution in [0, 0.1) is 5.82 Å². The minimum Gasteiger partial charge on any atom is -0.467 e. The zero-order chi connectivity index (χ0) is 14.9. The summed E-state index contributed by atoms with van der Waals surface area (Å²) >= 11 is 0. The van der Waals surface area contributed by atoms with Crippen LogP contribution in [0.1, 0.15) is 25.7 Å². The standard InChI is InChI=1S/C16H21FN2O2/c1-21-15(20)16(18-13-6-4-12(17)5-7-13)8-10-19-9-2-3-14(19)11-16/h4-7,14,18H,2-3,8-11H2,1H3. The van der Waals surface area contributed by atoms with Crippen molar-refractivity contribution in [1.29, 1.82) is 0 Å². The fourth-order valence-electron chi connectivity index (χ4n) is 3.61. The molecule has 114 valence electrons. The first kappa shape index (κ1) is 14.3. The van der Waals surface area contributed by atoms with E-state index in [0.29, 0.717) is 12.5 Å². The Bertz CT molecular complexity index is 520. The van der Waals surface area contributed by atoms with Gasteiger partial charge in [-0.15, -0.1) is 0 Å². The van der Waals surface area contributed by atoms with Crippen LogP contribution < -0.4 is 5.32 Å². The fraction of sp³-hybridized carbons (Fsp3) is 0.562. The molecule has 2 unspecified atom stereocenters. The molecule has 4 nitrogen and oxygen atoms in total. The number of carbonyl (C=O) groups is 1. The second-order valence-electron chi connectivity index (χ2n) is 5.99. The smallest absolute Gasteiger partial charge is 0.331 e. The van der Waals surface area contributed by atoms with Gasteiger partial charge in [-0.2, -0.15) is 0 Å². The van der Waals surface area contributed by atoms with E-state index in [1.54, 1.807) is 12.1 Å². The molecule has 3 rings (SSSR count). The monoisotopic (exact) mass is 292 g/mol. The molecule has 0 aliphatic carbocycles. The Kier molecular flexibility index (Phi) is 3.85. The molecule has 1 aromatic rings. The van der Waals surface area contributed by atoms with Crippen LogP contribution in [0.2, 0.25) is 0 Å². The molecule has 2 aliphatic heterocycles. The second kappa shape index (κ2) is 5.64. The molecule has 1 N–H and O–H groups in total. The van der Waals surface area contributed by atoms with Crippen molar-refractivity contribution in [2.24, 2.45) is 0 Å². The lowest BCUT2D eigenvalue weighted by Crippen LogP contribution is -2.57. The molecule has 2 aliphatic rings. The first-order valence-corrected chi connectivity index (χ1v) is 7.49. The highest BCUT2D eigenvalue weighted by Crippen LogP contribution is 2.36. The van der Waals surface area contributed by atoms with Gasteiger partial charge in [0.2, 0.25) is 0 Å². The number of esters is 1. The van der Waals surface area contributed by atoms with Crippen molar-refractivity contribution in [3.63, 3.8) is 0 Å². The first-order chi connectivity index (χ1) is 10.1. The molecule has 2 heterocycles. The van der Waals surface area contributed by atoms with Crippen molar-refractivity contribution in [1.82, 2.24) is 4.90 Å². The minimum atomic E-state index is -0.696. The summed E-state index contributed by atoms with van der Waals surface area (Å²) in [6, 6.07) is 6.57. The molecule has 0 radical (unpaired) electrons. The molecule has 0 aromatic heterocycles. The summed E-state index contributed by atoms with van der Waals surface area (Å²) in [5, 5.41) is 3.32. The number of piperidine rings is 1. The molecule has 2 fully saturated rings. The molecule has 0 spiro atoms. The van der Waals surface area contributed by atoms with Crippen molar-refractivity contribution in [2.75, 3.05) is 25.5 Å². The summed E-state index contributed by atoms with van der Waals surface area (Å²) in [4.78, 5) is 14.8. The van der Waals surface area contributed by atoms with E-state index in [4.69, 9.17) is 4.74 Å². The lowest BCUT2D eigenvalue weighted by atomic mass is 9.83. The van der Waals surface area contributed by atoms with E-state index in [1.807, 2.05) is 0 Å². The molecule has 0 bridgehead atoms. The van der Waals surface area contributed by atoms with E-state index in [0.717, 1.165) is 31.6 Å². The van der Waals surface area contributed by atoms with E-state index >= 15 is 0 Å². The molecule has 5 heteroatoms. The Morgan fingerprint density at radius 3 is 2.86 bits per heavy atom. The molecule has 2 saturated heterocycles. The zero-order valence-electron chi connectivity index (χ0n) is 12.3. The summed E-state index contributed by atoms with van der Waals surface area (Å²) in [6.45, 7) is 2.02. The maximum atomic E-state index is 13.0. The van der Waals surface area contributed by atoms with Crippen LogP contribution in [0.4, 0.5) is 10.1 Å². The third-order valence-corrected chi connectivity index (χ3v) is 4.71. The van der Waals surface area contributed by atoms with Gasteiger partial charge in [0.05, 0.1) is 7.11 Å². The average molecular weight is 292 g/mol. The summed E-state index contributed by atoms with van der Waals surface area (Å²) < 4.78 is 18.1. The average Bonchev–Trinajstić information content (AvgIpc) is 2.96. The van der Waals surface area contributed by atoms with Crippen LogP contribution in [-0.4, -0.2) is 42.6 Å². The Labute approximate surface area is 124 Å². The number of fused-ring (bicyclic) bond motifs is 1. The van der Waals surface area contributed by atoms with Crippen molar-refractivity contribution >= 4 is 11.7 Å². The molecule has 2 atom stereocenters. The van der Waals surface area contributed by atoms with Gasteiger partial charge in [0, 0.05) is 18.3 Å². The van der Waals surface area contributed by atoms with Gasteiger partial charge in [-0.05, 0) is 56.5 Å². The molecular formula is C16H21FN2O2. The van der Waals surface area contributed by atoms with Crippen molar-refractivity contribution in [3.05, 3.63) is 30.1 Å². The van der Waals surface area contributed by atoms with Gasteiger partial charge in [-0.3, -0.25) is 0 Å². The zero-order valence-corrected chi connectivity index (χ0v) is 12.3. The highest BCUT2D eigenvalue weighted by Gasteiger charge is 2.47. The quantitative estimate of drug-likeness (QED) is 0.869. The number of hydrogen-bond donors (Lipinski definition) is 1. The summed E-state index contributed by atoms with van der Waals surface area (Å²) in [7, 11) is 1.43. The number of carbonyl (C=O) groups excluding carboxylic acids is 1. The third kappa shape index (κ3) is 2.75. The minimum absolute atomic E-state index is 0.224. The number of rotatable bonds is 3. The van der Waals surface area contributed by atoms with E-state index in [9.17, 15) is 9.18 Å². The van der Waals surface area contributed by atoms with E-state index < -0.39 is 5.54 Å². The molecule has 0 amide bonds. The predicted octanol–water partition coefficient (Wildman–Crippen LogP) is 2.41. The number of nitrogens with zero attached hydrogens (tertiary/aromatic N) is 1. The predicted molar refractivity (Wildman–Crippen MR) is 78.6 cm³/mol. The van der Waals surface area contributed by atoms with Crippen molar-refractivity contribution < 1.29 is 13.9 Å². The van der Waals surface area contributed by atoms with E-state index in [1.165, 1.54) is 25.7 Å². The Morgan fingerprint density at radius 1 is 1.38 bits per heavy atom. The van der Waals surface area contributed by atoms with Crippen molar-refractivity contribution in [2.45, 2.75) is 37.3 Å². The highest BCUT2D eigenvalue weighted by molar-refractivity contribution is 5.84. The van der Waals surface area contributed by atoms with Crippen LogP contribution in [0.5, 0.6) is 0 Å². The van der Waals surface area contributed by atoms with Gasteiger partial charge in [0.15, 0.2) is 0 Å². The topological polar surface area (TPSA) is 41.6 Å². The van der Waals surface area contributed by atoms with Crippen LogP contribution in [0.3, 0.4) is 0 Å². The number of methoxy groups -OCH3 is 1. The normalized spacial score (nSPS) is 29.0. The Balaban J connectivity index is 1.83. The number of benzene rings is 1. The van der Waals surface area contributed by atoms with E-state index in [2.05, 4.69) is 10.2 Å². The Morgan fingerprint density at radius 2 is 2.14 bits per heavy atom. The SMILES string of the molecule is COC(=O)C1(Nc2ccc(F)cc2)CCN2CCCC2C1.